The van der Waals surface area contributed by atoms with E-state index in [0.717, 1.165) is 24.8 Å². The highest BCUT2D eigenvalue weighted by Gasteiger charge is 2.26. The number of fused-ring (bicyclic) bond motifs is 1. The molecule has 0 unspecified atom stereocenters. The predicted octanol–water partition coefficient (Wildman–Crippen LogP) is 3.28. The molecule has 2 aromatic rings. The Bertz CT molecular complexity index is 1010. The van der Waals surface area contributed by atoms with E-state index in [0.29, 0.717) is 63.2 Å². The summed E-state index contributed by atoms with van der Waals surface area (Å²) in [5.74, 6) is 0.433. The van der Waals surface area contributed by atoms with Crippen molar-refractivity contribution in [2.24, 2.45) is 0 Å². The van der Waals surface area contributed by atoms with Crippen molar-refractivity contribution in [1.82, 2.24) is 10.2 Å². The molecular formula is C28H37N3O5. The van der Waals surface area contributed by atoms with Crippen molar-refractivity contribution in [2.75, 3.05) is 44.8 Å². The van der Waals surface area contributed by atoms with Crippen LogP contribution in [0.25, 0.3) is 0 Å². The SMILES string of the molecule is O=C1COc2c(CCNCCN(C(=O)CCOCCc3ccccc3)C3CCCC3)ccc(O)c2N1. The van der Waals surface area contributed by atoms with Crippen molar-refractivity contribution >= 4 is 17.5 Å². The molecular weight excluding hydrogens is 458 g/mol. The smallest absolute Gasteiger partial charge is 0.262 e. The van der Waals surface area contributed by atoms with Crippen LogP contribution in [0.1, 0.15) is 43.2 Å². The standard InChI is InChI=1S/C28H37N3O5/c32-24-11-10-22(28-27(24)30-25(33)20-36-28)12-15-29-16-17-31(23-8-4-5-9-23)26(34)14-19-35-18-13-21-6-2-1-3-7-21/h1-3,6-7,10-11,23,29,32H,4-5,8-9,12-20H2,(H,30,33). The third-order valence-electron chi connectivity index (χ3n) is 6.85. The lowest BCUT2D eigenvalue weighted by molar-refractivity contribution is -0.134. The van der Waals surface area contributed by atoms with Crippen molar-refractivity contribution in [3.63, 3.8) is 0 Å². The highest BCUT2D eigenvalue weighted by Crippen LogP contribution is 2.39. The molecule has 0 spiro atoms. The van der Waals surface area contributed by atoms with Gasteiger partial charge in [-0.3, -0.25) is 9.59 Å². The number of phenolic OH excluding ortho intramolecular Hbond substituents is 1. The summed E-state index contributed by atoms with van der Waals surface area (Å²) < 4.78 is 11.3. The number of hydrogen-bond donors (Lipinski definition) is 3. The Morgan fingerprint density at radius 3 is 2.69 bits per heavy atom. The maximum atomic E-state index is 13.0. The first-order valence-corrected chi connectivity index (χ1v) is 13.0. The Hall–Kier alpha value is -3.10. The summed E-state index contributed by atoms with van der Waals surface area (Å²) in [6.07, 6.45) is 6.45. The van der Waals surface area contributed by atoms with Gasteiger partial charge in [0, 0.05) is 19.1 Å². The summed E-state index contributed by atoms with van der Waals surface area (Å²) in [6, 6.07) is 14.0. The molecule has 36 heavy (non-hydrogen) atoms. The van der Waals surface area contributed by atoms with Gasteiger partial charge in [0.05, 0.1) is 19.6 Å². The highest BCUT2D eigenvalue weighted by atomic mass is 16.5. The van der Waals surface area contributed by atoms with Gasteiger partial charge in [0.2, 0.25) is 5.91 Å². The molecule has 0 bridgehead atoms. The lowest BCUT2D eigenvalue weighted by atomic mass is 10.1. The maximum Gasteiger partial charge on any atom is 0.262 e. The van der Waals surface area contributed by atoms with Crippen molar-refractivity contribution in [2.45, 2.75) is 51.0 Å². The van der Waals surface area contributed by atoms with Gasteiger partial charge in [0.1, 0.15) is 11.4 Å². The first-order chi connectivity index (χ1) is 17.6. The minimum Gasteiger partial charge on any atom is -0.506 e. The van der Waals surface area contributed by atoms with Crippen molar-refractivity contribution in [3.05, 3.63) is 53.6 Å². The molecule has 1 fully saturated rings. The van der Waals surface area contributed by atoms with Crippen molar-refractivity contribution in [3.8, 4) is 11.5 Å². The number of rotatable bonds is 13. The zero-order chi connectivity index (χ0) is 25.2. The average Bonchev–Trinajstić information content (AvgIpc) is 3.42. The molecule has 2 aromatic carbocycles. The second kappa shape index (κ2) is 13.3. The highest BCUT2D eigenvalue weighted by molar-refractivity contribution is 5.97. The molecule has 3 N–H and O–H groups in total. The Kier molecular flexibility index (Phi) is 9.58. The minimum atomic E-state index is -0.272. The topological polar surface area (TPSA) is 100 Å². The van der Waals surface area contributed by atoms with Crippen LogP contribution in [0.4, 0.5) is 5.69 Å². The fourth-order valence-electron chi connectivity index (χ4n) is 4.93. The fraction of sp³-hybridized carbons (Fsp3) is 0.500. The first-order valence-electron chi connectivity index (χ1n) is 13.0. The summed E-state index contributed by atoms with van der Waals surface area (Å²) in [6.45, 7) is 3.10. The Morgan fingerprint density at radius 1 is 1.08 bits per heavy atom. The van der Waals surface area contributed by atoms with Gasteiger partial charge in [-0.25, -0.2) is 0 Å². The second-order valence-electron chi connectivity index (χ2n) is 9.41. The zero-order valence-electron chi connectivity index (χ0n) is 20.8. The number of hydrogen-bond acceptors (Lipinski definition) is 6. The monoisotopic (exact) mass is 495 g/mol. The number of aromatic hydroxyl groups is 1. The summed E-state index contributed by atoms with van der Waals surface area (Å²) >= 11 is 0. The summed E-state index contributed by atoms with van der Waals surface area (Å²) in [4.78, 5) is 26.6. The first kappa shape index (κ1) is 26.0. The molecule has 1 heterocycles. The summed E-state index contributed by atoms with van der Waals surface area (Å²) in [7, 11) is 0. The Balaban J connectivity index is 1.19. The van der Waals surface area contributed by atoms with Crippen LogP contribution in [-0.2, 0) is 27.2 Å². The van der Waals surface area contributed by atoms with Gasteiger partial charge >= 0.3 is 0 Å². The van der Waals surface area contributed by atoms with E-state index in [1.54, 1.807) is 6.07 Å². The lowest BCUT2D eigenvalue weighted by Crippen LogP contribution is -2.43. The number of phenols is 1. The number of carbonyl (C=O) groups is 2. The normalized spacial score (nSPS) is 15.3. The minimum absolute atomic E-state index is 0.00419. The maximum absolute atomic E-state index is 13.0. The zero-order valence-corrected chi connectivity index (χ0v) is 20.8. The van der Waals surface area contributed by atoms with E-state index < -0.39 is 0 Å². The van der Waals surface area contributed by atoms with Gasteiger partial charge in [-0.05, 0) is 49.4 Å². The predicted molar refractivity (Wildman–Crippen MR) is 138 cm³/mol. The van der Waals surface area contributed by atoms with Gasteiger partial charge in [-0.2, -0.15) is 0 Å². The molecule has 194 valence electrons. The number of amides is 2. The largest absolute Gasteiger partial charge is 0.506 e. The number of nitrogens with one attached hydrogen (secondary N) is 2. The van der Waals surface area contributed by atoms with E-state index in [2.05, 4.69) is 22.8 Å². The summed E-state index contributed by atoms with van der Waals surface area (Å²) in [5.41, 5.74) is 2.51. The third kappa shape index (κ3) is 7.21. The van der Waals surface area contributed by atoms with E-state index in [4.69, 9.17) is 9.47 Å². The van der Waals surface area contributed by atoms with Crippen LogP contribution in [0.3, 0.4) is 0 Å². The molecule has 2 aliphatic rings. The van der Waals surface area contributed by atoms with Crippen LogP contribution >= 0.6 is 0 Å². The van der Waals surface area contributed by atoms with E-state index in [1.807, 2.05) is 29.2 Å². The van der Waals surface area contributed by atoms with E-state index >= 15 is 0 Å². The number of carbonyl (C=O) groups excluding carboxylic acids is 2. The van der Waals surface area contributed by atoms with Crippen LogP contribution in [-0.4, -0.2) is 67.3 Å². The molecule has 0 radical (unpaired) electrons. The van der Waals surface area contributed by atoms with Gasteiger partial charge in [0.15, 0.2) is 12.4 Å². The van der Waals surface area contributed by atoms with Crippen molar-refractivity contribution < 1.29 is 24.2 Å². The molecule has 1 aliphatic heterocycles. The summed E-state index contributed by atoms with van der Waals surface area (Å²) in [5, 5.41) is 16.1. The van der Waals surface area contributed by atoms with Crippen LogP contribution < -0.4 is 15.4 Å². The third-order valence-corrected chi connectivity index (χ3v) is 6.85. The Labute approximate surface area is 213 Å². The van der Waals surface area contributed by atoms with Gasteiger partial charge in [-0.15, -0.1) is 0 Å². The molecule has 2 amide bonds. The molecule has 0 atom stereocenters. The van der Waals surface area contributed by atoms with Crippen LogP contribution in [0.15, 0.2) is 42.5 Å². The molecule has 1 aliphatic carbocycles. The van der Waals surface area contributed by atoms with Crippen LogP contribution in [0.2, 0.25) is 0 Å². The molecule has 8 nitrogen and oxygen atoms in total. The Morgan fingerprint density at radius 2 is 1.89 bits per heavy atom. The molecule has 1 saturated carbocycles. The fourth-order valence-corrected chi connectivity index (χ4v) is 4.93. The van der Waals surface area contributed by atoms with Gasteiger partial charge in [-0.1, -0.05) is 49.2 Å². The average molecular weight is 496 g/mol. The molecule has 4 rings (SSSR count). The molecule has 0 saturated heterocycles. The van der Waals surface area contributed by atoms with E-state index in [-0.39, 0.29) is 24.2 Å². The quantitative estimate of drug-likeness (QED) is 0.291. The lowest BCUT2D eigenvalue weighted by Gasteiger charge is -2.29. The van der Waals surface area contributed by atoms with E-state index in [1.165, 1.54) is 18.4 Å². The van der Waals surface area contributed by atoms with Gasteiger partial charge < -0.3 is 30.1 Å². The number of nitrogens with zero attached hydrogens (tertiary/aromatic N) is 1. The molecule has 0 aromatic heterocycles. The van der Waals surface area contributed by atoms with Crippen molar-refractivity contribution in [1.29, 1.82) is 0 Å². The number of benzene rings is 2. The molecule has 8 heteroatoms. The van der Waals surface area contributed by atoms with E-state index in [9.17, 15) is 14.7 Å². The van der Waals surface area contributed by atoms with Crippen LogP contribution in [0, 0.1) is 0 Å². The van der Waals surface area contributed by atoms with Gasteiger partial charge in [0.25, 0.3) is 5.91 Å². The number of ether oxygens (including phenoxy) is 2. The van der Waals surface area contributed by atoms with Crippen LogP contribution in [0.5, 0.6) is 11.5 Å². The number of anilines is 1. The second-order valence-corrected chi connectivity index (χ2v) is 9.41.